The number of halogens is 2. The summed E-state index contributed by atoms with van der Waals surface area (Å²) in [6.07, 6.45) is 5.16. The van der Waals surface area contributed by atoms with Crippen molar-refractivity contribution in [3.8, 4) is 16.9 Å². The average Bonchev–Trinajstić information content (AvgIpc) is 3.17. The fourth-order valence-corrected chi connectivity index (χ4v) is 2.63. The molecule has 29 heavy (non-hydrogen) atoms. The Balaban J connectivity index is 0.00000210. The van der Waals surface area contributed by atoms with Crippen molar-refractivity contribution in [1.82, 2.24) is 25.4 Å². The van der Waals surface area contributed by atoms with E-state index in [1.807, 2.05) is 42.5 Å². The first-order valence-corrected chi connectivity index (χ1v) is 8.83. The monoisotopic (exact) mass is 437 g/mol. The zero-order valence-corrected chi connectivity index (χ0v) is 17.7. The summed E-state index contributed by atoms with van der Waals surface area (Å²) in [6.45, 7) is 2.58. The van der Waals surface area contributed by atoms with Crippen molar-refractivity contribution in [3.05, 3.63) is 66.6 Å². The number of carbonyl (C=O) groups excluding carboxylic acids is 1. The smallest absolute Gasteiger partial charge is 0.255 e. The molecule has 2 N–H and O–H groups in total. The van der Waals surface area contributed by atoms with Crippen molar-refractivity contribution in [2.24, 2.45) is 0 Å². The number of benzene rings is 1. The van der Waals surface area contributed by atoms with Crippen molar-refractivity contribution >= 4 is 30.7 Å². The van der Waals surface area contributed by atoms with Gasteiger partial charge in [-0.2, -0.15) is 5.10 Å². The molecule has 0 unspecified atom stereocenters. The number of ether oxygens (including phenoxy) is 1. The molecule has 0 aliphatic rings. The second-order valence-corrected chi connectivity index (χ2v) is 5.91. The van der Waals surface area contributed by atoms with E-state index >= 15 is 0 Å². The van der Waals surface area contributed by atoms with Crippen LogP contribution in [0.3, 0.4) is 0 Å². The Labute approximate surface area is 182 Å². The van der Waals surface area contributed by atoms with Gasteiger partial charge in [-0.05, 0) is 24.3 Å². The molecule has 0 bridgehead atoms. The first-order chi connectivity index (χ1) is 13.3. The van der Waals surface area contributed by atoms with E-state index in [9.17, 15) is 4.79 Å². The summed E-state index contributed by atoms with van der Waals surface area (Å²) in [4.78, 5) is 16.9. The summed E-state index contributed by atoms with van der Waals surface area (Å²) in [5.41, 5.74) is 2.82. The summed E-state index contributed by atoms with van der Waals surface area (Å²) < 4.78 is 6.70. The first-order valence-electron chi connectivity index (χ1n) is 8.83. The van der Waals surface area contributed by atoms with Crippen LogP contribution in [0.25, 0.3) is 16.9 Å². The number of hydrogen-bond acceptors (Lipinski definition) is 5. The van der Waals surface area contributed by atoms with Crippen LogP contribution in [-0.4, -0.2) is 54.0 Å². The maximum Gasteiger partial charge on any atom is 0.255 e. The van der Waals surface area contributed by atoms with Crippen LogP contribution in [0.5, 0.6) is 0 Å². The second-order valence-electron chi connectivity index (χ2n) is 5.91. The fourth-order valence-electron chi connectivity index (χ4n) is 2.63. The Morgan fingerprint density at radius 2 is 1.86 bits per heavy atom. The van der Waals surface area contributed by atoms with E-state index in [2.05, 4.69) is 20.7 Å². The predicted molar refractivity (Wildman–Crippen MR) is 118 cm³/mol. The topological polar surface area (TPSA) is 81.1 Å². The van der Waals surface area contributed by atoms with Gasteiger partial charge in [-0.3, -0.25) is 9.78 Å². The molecular formula is C20H25Cl2N5O2. The summed E-state index contributed by atoms with van der Waals surface area (Å²) >= 11 is 0. The summed E-state index contributed by atoms with van der Waals surface area (Å²) in [5, 5.41) is 10.8. The van der Waals surface area contributed by atoms with E-state index in [0.29, 0.717) is 31.0 Å². The number of methoxy groups -OCH3 is 1. The first kappa shape index (κ1) is 24.6. The van der Waals surface area contributed by atoms with Gasteiger partial charge in [0.25, 0.3) is 5.91 Å². The average molecular weight is 438 g/mol. The number of carbonyl (C=O) groups is 1. The van der Waals surface area contributed by atoms with Crippen molar-refractivity contribution in [2.75, 3.05) is 33.4 Å². The lowest BCUT2D eigenvalue weighted by molar-refractivity contribution is 0.0954. The lowest BCUT2D eigenvalue weighted by Gasteiger charge is -2.06. The summed E-state index contributed by atoms with van der Waals surface area (Å²) in [7, 11) is 1.66. The highest BCUT2D eigenvalue weighted by atomic mass is 35.5. The zero-order chi connectivity index (χ0) is 18.9. The Hall–Kier alpha value is -2.45. The van der Waals surface area contributed by atoms with Crippen molar-refractivity contribution in [2.45, 2.75) is 0 Å². The number of para-hydroxylation sites is 1. The molecule has 3 aromatic rings. The molecule has 0 saturated heterocycles. The number of rotatable bonds is 9. The molecule has 0 aliphatic heterocycles. The van der Waals surface area contributed by atoms with Gasteiger partial charge >= 0.3 is 0 Å². The van der Waals surface area contributed by atoms with Gasteiger partial charge in [-0.25, -0.2) is 4.68 Å². The van der Waals surface area contributed by atoms with Gasteiger partial charge in [-0.1, -0.05) is 18.2 Å². The van der Waals surface area contributed by atoms with E-state index in [0.717, 1.165) is 17.8 Å². The molecule has 156 valence electrons. The molecule has 7 nitrogen and oxygen atoms in total. The Kier molecular flexibility index (Phi) is 10.9. The van der Waals surface area contributed by atoms with Crippen LogP contribution in [-0.2, 0) is 4.74 Å². The molecule has 0 spiro atoms. The van der Waals surface area contributed by atoms with Crippen LogP contribution in [0, 0.1) is 0 Å². The van der Waals surface area contributed by atoms with Crippen LogP contribution < -0.4 is 10.6 Å². The van der Waals surface area contributed by atoms with Crippen molar-refractivity contribution in [3.63, 3.8) is 0 Å². The van der Waals surface area contributed by atoms with Crippen molar-refractivity contribution < 1.29 is 9.53 Å². The minimum absolute atomic E-state index is 0. The molecule has 0 fully saturated rings. The maximum absolute atomic E-state index is 12.7. The standard InChI is InChI=1S/C20H23N5O2.2ClH/c1-27-13-12-21-10-11-23-20(26)18-15-25(17-7-3-2-4-8-17)24-19(18)16-6-5-9-22-14-16;;/h2-9,14-15,21H,10-13H2,1H3,(H,23,26);2*1H. The number of amides is 1. The van der Waals surface area contributed by atoms with Crippen molar-refractivity contribution in [1.29, 1.82) is 0 Å². The Bertz CT molecular complexity index is 860. The van der Waals surface area contributed by atoms with Crippen LogP contribution in [0.2, 0.25) is 0 Å². The maximum atomic E-state index is 12.7. The van der Waals surface area contributed by atoms with Gasteiger partial charge in [0, 0.05) is 50.9 Å². The van der Waals surface area contributed by atoms with Gasteiger partial charge in [0.1, 0.15) is 5.69 Å². The van der Waals surface area contributed by atoms with Gasteiger partial charge in [0.05, 0.1) is 17.9 Å². The van der Waals surface area contributed by atoms with E-state index in [4.69, 9.17) is 4.74 Å². The quantitative estimate of drug-likeness (QED) is 0.503. The largest absolute Gasteiger partial charge is 0.383 e. The van der Waals surface area contributed by atoms with Crippen LogP contribution in [0.1, 0.15) is 10.4 Å². The third kappa shape index (κ3) is 6.83. The summed E-state index contributed by atoms with van der Waals surface area (Å²) in [6, 6.07) is 13.4. The second kappa shape index (κ2) is 12.9. The third-order valence-corrected chi connectivity index (χ3v) is 3.98. The number of nitrogens with zero attached hydrogens (tertiary/aromatic N) is 3. The minimum atomic E-state index is -0.162. The predicted octanol–water partition coefficient (Wildman–Crippen LogP) is 2.74. The summed E-state index contributed by atoms with van der Waals surface area (Å²) in [5.74, 6) is -0.162. The molecule has 9 heteroatoms. The molecular weight excluding hydrogens is 413 g/mol. The molecule has 0 saturated carbocycles. The number of pyridine rings is 1. The molecule has 1 amide bonds. The van der Waals surface area contributed by atoms with Gasteiger partial charge in [0.15, 0.2) is 0 Å². The lowest BCUT2D eigenvalue weighted by Crippen LogP contribution is -2.33. The minimum Gasteiger partial charge on any atom is -0.383 e. The van der Waals surface area contributed by atoms with Gasteiger partial charge in [0.2, 0.25) is 0 Å². The van der Waals surface area contributed by atoms with E-state index in [-0.39, 0.29) is 30.7 Å². The van der Waals surface area contributed by atoms with Crippen LogP contribution >= 0.6 is 24.8 Å². The SMILES string of the molecule is COCCNCCNC(=O)c1cn(-c2ccccc2)nc1-c1cccnc1.Cl.Cl. The highest BCUT2D eigenvalue weighted by Gasteiger charge is 2.18. The molecule has 0 aliphatic carbocycles. The fraction of sp³-hybridized carbons (Fsp3) is 0.250. The normalized spacial score (nSPS) is 9.97. The molecule has 1 aromatic carbocycles. The van der Waals surface area contributed by atoms with Gasteiger partial charge < -0.3 is 15.4 Å². The molecule has 0 radical (unpaired) electrons. The lowest BCUT2D eigenvalue weighted by atomic mass is 10.1. The molecule has 2 heterocycles. The van der Waals surface area contributed by atoms with Crippen LogP contribution in [0.15, 0.2) is 61.1 Å². The van der Waals surface area contributed by atoms with E-state index in [1.165, 1.54) is 0 Å². The van der Waals surface area contributed by atoms with Crippen LogP contribution in [0.4, 0.5) is 0 Å². The highest BCUT2D eigenvalue weighted by Crippen LogP contribution is 2.22. The number of hydrogen-bond donors (Lipinski definition) is 2. The highest BCUT2D eigenvalue weighted by molar-refractivity contribution is 5.99. The molecule has 0 atom stereocenters. The third-order valence-electron chi connectivity index (χ3n) is 3.98. The van der Waals surface area contributed by atoms with E-state index in [1.54, 1.807) is 30.4 Å². The van der Waals surface area contributed by atoms with Gasteiger partial charge in [-0.15, -0.1) is 24.8 Å². The zero-order valence-electron chi connectivity index (χ0n) is 16.1. The Morgan fingerprint density at radius 1 is 1.07 bits per heavy atom. The van der Waals surface area contributed by atoms with E-state index < -0.39 is 0 Å². The molecule has 3 rings (SSSR count). The Morgan fingerprint density at radius 3 is 2.55 bits per heavy atom. The molecule has 2 aromatic heterocycles. The number of nitrogens with one attached hydrogen (secondary N) is 2. The number of aromatic nitrogens is 3.